The fourth-order valence-corrected chi connectivity index (χ4v) is 1.48. The van der Waals surface area contributed by atoms with Crippen LogP contribution < -0.4 is 5.73 Å². The number of hydrogen-bond donors (Lipinski definition) is 2. The van der Waals surface area contributed by atoms with Crippen molar-refractivity contribution in [3.8, 4) is 0 Å². The maximum atomic E-state index is 12.4. The summed E-state index contributed by atoms with van der Waals surface area (Å²) in [6, 6.07) is 4.85. The van der Waals surface area contributed by atoms with Gasteiger partial charge in [-0.2, -0.15) is 13.2 Å². The molecule has 1 aromatic rings. The Kier molecular flexibility index (Phi) is 3.84. The number of nitrogens with two attached hydrogens (primary N) is 1. The van der Waals surface area contributed by atoms with Gasteiger partial charge in [-0.05, 0) is 24.6 Å². The van der Waals surface area contributed by atoms with Gasteiger partial charge in [0.25, 0.3) is 0 Å². The third-order valence-electron chi connectivity index (χ3n) is 3.07. The Balaban J connectivity index is 2.96. The van der Waals surface area contributed by atoms with Gasteiger partial charge >= 0.3 is 6.18 Å². The Morgan fingerprint density at radius 1 is 1.24 bits per heavy atom. The molecule has 1 aromatic carbocycles. The zero-order valence-corrected chi connectivity index (χ0v) is 9.75. The van der Waals surface area contributed by atoms with Gasteiger partial charge in [-0.25, -0.2) is 0 Å². The maximum Gasteiger partial charge on any atom is 0.416 e. The van der Waals surface area contributed by atoms with E-state index in [1.54, 1.807) is 13.8 Å². The molecule has 0 aliphatic rings. The zero-order chi connectivity index (χ0) is 13.3. The summed E-state index contributed by atoms with van der Waals surface area (Å²) >= 11 is 0. The first kappa shape index (κ1) is 14.0. The molecule has 0 saturated carbocycles. The molecule has 2 atom stereocenters. The van der Waals surface area contributed by atoms with E-state index >= 15 is 0 Å². The number of benzene rings is 1. The largest absolute Gasteiger partial charge is 0.416 e. The van der Waals surface area contributed by atoms with Gasteiger partial charge in [-0.3, -0.25) is 0 Å². The van der Waals surface area contributed by atoms with Gasteiger partial charge in [-0.1, -0.05) is 19.1 Å². The van der Waals surface area contributed by atoms with Gasteiger partial charge < -0.3 is 10.8 Å². The van der Waals surface area contributed by atoms with Gasteiger partial charge in [0.05, 0.1) is 12.2 Å². The Morgan fingerprint density at radius 3 is 2.06 bits per heavy atom. The number of rotatable bonds is 3. The van der Waals surface area contributed by atoms with Crippen LogP contribution in [-0.2, 0) is 6.18 Å². The second-order valence-electron chi connectivity index (χ2n) is 4.51. The summed E-state index contributed by atoms with van der Waals surface area (Å²) in [4.78, 5) is 0. The quantitative estimate of drug-likeness (QED) is 0.862. The second-order valence-corrected chi connectivity index (χ2v) is 4.51. The van der Waals surface area contributed by atoms with Crippen LogP contribution >= 0.6 is 0 Å². The third kappa shape index (κ3) is 3.20. The van der Waals surface area contributed by atoms with Crippen LogP contribution in [0.25, 0.3) is 0 Å². The van der Waals surface area contributed by atoms with Gasteiger partial charge in [0.2, 0.25) is 0 Å². The van der Waals surface area contributed by atoms with Gasteiger partial charge in [0, 0.05) is 11.5 Å². The molecule has 2 nitrogen and oxygen atoms in total. The molecule has 0 aliphatic heterocycles. The minimum atomic E-state index is -4.33. The van der Waals surface area contributed by atoms with Crippen LogP contribution in [0.3, 0.4) is 0 Å². The monoisotopic (exact) mass is 247 g/mol. The molecule has 0 saturated heterocycles. The molecule has 0 aliphatic carbocycles. The number of hydrogen-bond acceptors (Lipinski definition) is 2. The standard InChI is InChI=1S/C12H16F3NO/c1-8(11(2,16)7-17)9-3-5-10(6-4-9)12(13,14)15/h3-6,8,17H,7,16H2,1-2H3. The smallest absolute Gasteiger partial charge is 0.394 e. The summed E-state index contributed by atoms with van der Waals surface area (Å²) in [5.41, 5.74) is 4.99. The molecular formula is C12H16F3NO. The summed E-state index contributed by atoms with van der Waals surface area (Å²) in [6.07, 6.45) is -4.33. The van der Waals surface area contributed by atoms with Crippen LogP contribution in [0.15, 0.2) is 24.3 Å². The van der Waals surface area contributed by atoms with Crippen LogP contribution in [0.5, 0.6) is 0 Å². The van der Waals surface area contributed by atoms with Crippen molar-refractivity contribution >= 4 is 0 Å². The molecule has 0 aromatic heterocycles. The molecule has 2 unspecified atom stereocenters. The van der Waals surface area contributed by atoms with E-state index in [4.69, 9.17) is 10.8 Å². The number of aliphatic hydroxyl groups is 1. The fraction of sp³-hybridized carbons (Fsp3) is 0.500. The van der Waals surface area contributed by atoms with Gasteiger partial charge in [0.1, 0.15) is 0 Å². The van der Waals surface area contributed by atoms with Crippen molar-refractivity contribution in [1.29, 1.82) is 0 Å². The van der Waals surface area contributed by atoms with Crippen molar-refractivity contribution in [2.45, 2.75) is 31.5 Å². The average Bonchev–Trinajstić information content (AvgIpc) is 2.27. The maximum absolute atomic E-state index is 12.4. The molecule has 0 fully saturated rings. The summed E-state index contributed by atoms with van der Waals surface area (Å²) in [5, 5.41) is 9.10. The highest BCUT2D eigenvalue weighted by Crippen LogP contribution is 2.31. The van der Waals surface area contributed by atoms with E-state index in [0.29, 0.717) is 5.56 Å². The minimum absolute atomic E-state index is 0.227. The van der Waals surface area contributed by atoms with Crippen LogP contribution in [0.1, 0.15) is 30.9 Å². The van der Waals surface area contributed by atoms with E-state index in [-0.39, 0.29) is 12.5 Å². The Hall–Kier alpha value is -1.07. The number of alkyl halides is 3. The molecule has 0 bridgehead atoms. The Bertz CT molecular complexity index is 370. The molecule has 5 heteroatoms. The summed E-state index contributed by atoms with van der Waals surface area (Å²) in [5.74, 6) is -0.227. The minimum Gasteiger partial charge on any atom is -0.394 e. The highest BCUT2D eigenvalue weighted by Gasteiger charge is 2.31. The first-order chi connectivity index (χ1) is 7.68. The first-order valence-corrected chi connectivity index (χ1v) is 5.25. The lowest BCUT2D eigenvalue weighted by molar-refractivity contribution is -0.137. The van der Waals surface area contributed by atoms with E-state index in [2.05, 4.69) is 0 Å². The Labute approximate surface area is 98.3 Å². The van der Waals surface area contributed by atoms with Crippen molar-refractivity contribution in [3.05, 3.63) is 35.4 Å². The fourth-order valence-electron chi connectivity index (χ4n) is 1.48. The highest BCUT2D eigenvalue weighted by molar-refractivity contribution is 5.28. The summed E-state index contributed by atoms with van der Waals surface area (Å²) in [7, 11) is 0. The van der Waals surface area contributed by atoms with Crippen molar-refractivity contribution in [1.82, 2.24) is 0 Å². The van der Waals surface area contributed by atoms with Gasteiger partial charge in [0.15, 0.2) is 0 Å². The summed E-state index contributed by atoms with van der Waals surface area (Å²) in [6.45, 7) is 3.21. The molecule has 3 N–H and O–H groups in total. The highest BCUT2D eigenvalue weighted by atomic mass is 19.4. The molecule has 0 heterocycles. The van der Waals surface area contributed by atoms with E-state index in [1.807, 2.05) is 0 Å². The lowest BCUT2D eigenvalue weighted by Crippen LogP contribution is -2.45. The van der Waals surface area contributed by atoms with Crippen LogP contribution in [0, 0.1) is 0 Å². The van der Waals surface area contributed by atoms with E-state index in [9.17, 15) is 13.2 Å². The normalized spacial score (nSPS) is 17.6. The second kappa shape index (κ2) is 4.66. The molecule has 0 amide bonds. The van der Waals surface area contributed by atoms with E-state index < -0.39 is 17.3 Å². The van der Waals surface area contributed by atoms with Crippen molar-refractivity contribution in [2.75, 3.05) is 6.61 Å². The molecule has 0 radical (unpaired) electrons. The predicted octanol–water partition coefficient (Wildman–Crippen LogP) is 2.52. The average molecular weight is 247 g/mol. The van der Waals surface area contributed by atoms with Crippen LogP contribution in [-0.4, -0.2) is 17.3 Å². The molecule has 96 valence electrons. The number of aliphatic hydroxyl groups excluding tert-OH is 1. The third-order valence-corrected chi connectivity index (χ3v) is 3.07. The van der Waals surface area contributed by atoms with Crippen LogP contribution in [0.2, 0.25) is 0 Å². The lowest BCUT2D eigenvalue weighted by Gasteiger charge is -2.30. The molecule has 17 heavy (non-hydrogen) atoms. The molecule has 1 rings (SSSR count). The SMILES string of the molecule is CC(c1ccc(C(F)(F)F)cc1)C(C)(N)CO. The van der Waals surface area contributed by atoms with Crippen molar-refractivity contribution < 1.29 is 18.3 Å². The number of halogens is 3. The lowest BCUT2D eigenvalue weighted by atomic mass is 9.83. The predicted molar refractivity (Wildman–Crippen MR) is 59.5 cm³/mol. The van der Waals surface area contributed by atoms with E-state index in [0.717, 1.165) is 12.1 Å². The summed E-state index contributed by atoms with van der Waals surface area (Å²) < 4.78 is 37.1. The topological polar surface area (TPSA) is 46.2 Å². The Morgan fingerprint density at radius 2 is 1.71 bits per heavy atom. The van der Waals surface area contributed by atoms with Crippen molar-refractivity contribution in [3.63, 3.8) is 0 Å². The van der Waals surface area contributed by atoms with E-state index in [1.165, 1.54) is 12.1 Å². The van der Waals surface area contributed by atoms with Crippen LogP contribution in [0.4, 0.5) is 13.2 Å². The first-order valence-electron chi connectivity index (χ1n) is 5.25. The zero-order valence-electron chi connectivity index (χ0n) is 9.75. The van der Waals surface area contributed by atoms with Crippen molar-refractivity contribution in [2.24, 2.45) is 5.73 Å². The van der Waals surface area contributed by atoms with Gasteiger partial charge in [-0.15, -0.1) is 0 Å². The molecule has 0 spiro atoms. The molecular weight excluding hydrogens is 231 g/mol.